The summed E-state index contributed by atoms with van der Waals surface area (Å²) in [6.07, 6.45) is 5.42. The summed E-state index contributed by atoms with van der Waals surface area (Å²) in [5, 5.41) is 6.33. The van der Waals surface area contributed by atoms with Crippen molar-refractivity contribution in [2.45, 2.75) is 46.1 Å². The molecular formula is C17H25N3O. The van der Waals surface area contributed by atoms with Gasteiger partial charge in [-0.2, -0.15) is 0 Å². The molecular weight excluding hydrogens is 262 g/mol. The van der Waals surface area contributed by atoms with Gasteiger partial charge in [-0.25, -0.2) is 0 Å². The zero-order valence-electron chi connectivity index (χ0n) is 13.4. The summed E-state index contributed by atoms with van der Waals surface area (Å²) < 4.78 is 0. The van der Waals surface area contributed by atoms with E-state index in [0.717, 1.165) is 11.6 Å². The standard InChI is InChI=1S/C17H25N3O/c1-16(2)11-5-7-17(3,10-11)15(16)20-14(21)13-9-12(18-4)6-8-19-13/h6,8-9,11,15H,5,7,10H2,1-4H3,(H,18,19)(H,20,21). The molecule has 0 radical (unpaired) electrons. The summed E-state index contributed by atoms with van der Waals surface area (Å²) in [6.45, 7) is 6.92. The van der Waals surface area contributed by atoms with E-state index in [1.807, 2.05) is 13.1 Å². The summed E-state index contributed by atoms with van der Waals surface area (Å²) in [5.74, 6) is 0.670. The van der Waals surface area contributed by atoms with Crippen molar-refractivity contribution in [3.05, 3.63) is 24.0 Å². The monoisotopic (exact) mass is 287 g/mol. The molecule has 1 heterocycles. The molecule has 1 aromatic rings. The molecule has 1 aromatic heterocycles. The number of rotatable bonds is 3. The average molecular weight is 287 g/mol. The third-order valence-corrected chi connectivity index (χ3v) is 5.83. The van der Waals surface area contributed by atoms with Crippen LogP contribution in [0.1, 0.15) is 50.5 Å². The second kappa shape index (κ2) is 4.72. The van der Waals surface area contributed by atoms with Gasteiger partial charge in [-0.15, -0.1) is 0 Å². The predicted octanol–water partition coefficient (Wildman–Crippen LogP) is 3.07. The minimum absolute atomic E-state index is 0.0565. The molecule has 4 nitrogen and oxygen atoms in total. The molecule has 114 valence electrons. The van der Waals surface area contributed by atoms with E-state index >= 15 is 0 Å². The highest BCUT2D eigenvalue weighted by molar-refractivity contribution is 5.93. The van der Waals surface area contributed by atoms with Crippen molar-refractivity contribution in [1.82, 2.24) is 10.3 Å². The van der Waals surface area contributed by atoms with Gasteiger partial charge < -0.3 is 10.6 Å². The number of hydrogen-bond donors (Lipinski definition) is 2. The van der Waals surface area contributed by atoms with Crippen molar-refractivity contribution in [3.63, 3.8) is 0 Å². The lowest BCUT2D eigenvalue weighted by molar-refractivity contribution is 0.0733. The van der Waals surface area contributed by atoms with Crippen LogP contribution in [-0.2, 0) is 0 Å². The van der Waals surface area contributed by atoms with Crippen LogP contribution in [0.25, 0.3) is 0 Å². The first-order valence-electron chi connectivity index (χ1n) is 7.81. The Balaban J connectivity index is 1.81. The molecule has 3 rings (SSSR count). The molecule has 0 spiro atoms. The number of nitrogens with one attached hydrogen (secondary N) is 2. The van der Waals surface area contributed by atoms with Gasteiger partial charge in [0.05, 0.1) is 0 Å². The van der Waals surface area contributed by atoms with Gasteiger partial charge >= 0.3 is 0 Å². The Morgan fingerprint density at radius 3 is 2.76 bits per heavy atom. The highest BCUT2D eigenvalue weighted by Gasteiger charge is 2.59. The highest BCUT2D eigenvalue weighted by atomic mass is 16.2. The molecule has 3 atom stereocenters. The smallest absolute Gasteiger partial charge is 0.270 e. The van der Waals surface area contributed by atoms with E-state index in [1.54, 1.807) is 12.3 Å². The van der Waals surface area contributed by atoms with E-state index in [0.29, 0.717) is 5.69 Å². The topological polar surface area (TPSA) is 54.0 Å². The molecule has 1 amide bonds. The van der Waals surface area contributed by atoms with Crippen LogP contribution in [-0.4, -0.2) is 24.0 Å². The van der Waals surface area contributed by atoms with Crippen molar-refractivity contribution in [3.8, 4) is 0 Å². The van der Waals surface area contributed by atoms with E-state index in [-0.39, 0.29) is 22.8 Å². The lowest BCUT2D eigenvalue weighted by Gasteiger charge is -2.43. The summed E-state index contributed by atoms with van der Waals surface area (Å²) in [5.41, 5.74) is 1.81. The van der Waals surface area contributed by atoms with Gasteiger partial charge in [-0.1, -0.05) is 20.8 Å². The van der Waals surface area contributed by atoms with E-state index in [4.69, 9.17) is 0 Å². The highest BCUT2D eigenvalue weighted by Crippen LogP contribution is 2.62. The van der Waals surface area contributed by atoms with Crippen molar-refractivity contribution in [1.29, 1.82) is 0 Å². The van der Waals surface area contributed by atoms with E-state index < -0.39 is 0 Å². The lowest BCUT2D eigenvalue weighted by Crippen LogP contribution is -2.52. The van der Waals surface area contributed by atoms with E-state index in [1.165, 1.54) is 19.3 Å². The Morgan fingerprint density at radius 1 is 1.38 bits per heavy atom. The number of amides is 1. The van der Waals surface area contributed by atoms with Crippen LogP contribution in [0, 0.1) is 16.7 Å². The zero-order chi connectivity index (χ0) is 15.3. The SMILES string of the molecule is CNc1ccnc(C(=O)NC2C3(C)CCC(C3)C2(C)C)c1. The van der Waals surface area contributed by atoms with Gasteiger partial charge in [0.25, 0.3) is 5.91 Å². The molecule has 2 fully saturated rings. The third-order valence-electron chi connectivity index (χ3n) is 5.83. The number of nitrogens with zero attached hydrogens (tertiary/aromatic N) is 1. The van der Waals surface area contributed by atoms with Crippen LogP contribution < -0.4 is 10.6 Å². The van der Waals surface area contributed by atoms with Gasteiger partial charge in [0.1, 0.15) is 5.69 Å². The maximum atomic E-state index is 12.6. The Labute approximate surface area is 126 Å². The molecule has 0 saturated heterocycles. The molecule has 0 aliphatic heterocycles. The summed E-state index contributed by atoms with van der Waals surface area (Å²) in [7, 11) is 1.84. The minimum Gasteiger partial charge on any atom is -0.388 e. The number of aromatic nitrogens is 1. The molecule has 21 heavy (non-hydrogen) atoms. The van der Waals surface area contributed by atoms with E-state index in [2.05, 4.69) is 36.4 Å². The summed E-state index contributed by atoms with van der Waals surface area (Å²) in [4.78, 5) is 16.8. The van der Waals surface area contributed by atoms with Gasteiger partial charge in [0, 0.05) is 25.0 Å². The molecule has 2 N–H and O–H groups in total. The minimum atomic E-state index is -0.0565. The first-order valence-corrected chi connectivity index (χ1v) is 7.81. The second-order valence-corrected chi connectivity index (χ2v) is 7.50. The Morgan fingerprint density at radius 2 is 2.14 bits per heavy atom. The quantitative estimate of drug-likeness (QED) is 0.898. The number of carbonyl (C=O) groups excluding carboxylic acids is 1. The normalized spacial score (nSPS) is 33.0. The average Bonchev–Trinajstić information content (AvgIpc) is 2.94. The van der Waals surface area contributed by atoms with Crippen molar-refractivity contribution in [2.75, 3.05) is 12.4 Å². The molecule has 3 unspecified atom stereocenters. The maximum Gasteiger partial charge on any atom is 0.270 e. The first-order chi connectivity index (χ1) is 9.87. The molecule has 4 heteroatoms. The van der Waals surface area contributed by atoms with Gasteiger partial charge in [-0.3, -0.25) is 9.78 Å². The van der Waals surface area contributed by atoms with Crippen LogP contribution in [0.3, 0.4) is 0 Å². The van der Waals surface area contributed by atoms with Crippen LogP contribution in [0.4, 0.5) is 5.69 Å². The van der Waals surface area contributed by atoms with Gasteiger partial charge in [0.15, 0.2) is 0 Å². The van der Waals surface area contributed by atoms with Crippen molar-refractivity contribution < 1.29 is 4.79 Å². The van der Waals surface area contributed by atoms with Gasteiger partial charge in [0.2, 0.25) is 0 Å². The van der Waals surface area contributed by atoms with Crippen LogP contribution in [0.2, 0.25) is 0 Å². The van der Waals surface area contributed by atoms with Crippen molar-refractivity contribution >= 4 is 11.6 Å². The lowest BCUT2D eigenvalue weighted by atomic mass is 9.68. The zero-order valence-corrected chi connectivity index (χ0v) is 13.4. The fourth-order valence-electron chi connectivity index (χ4n) is 4.58. The number of hydrogen-bond acceptors (Lipinski definition) is 3. The van der Waals surface area contributed by atoms with E-state index in [9.17, 15) is 4.79 Å². The Kier molecular flexibility index (Phi) is 3.23. The van der Waals surface area contributed by atoms with Crippen LogP contribution in [0.15, 0.2) is 18.3 Å². The second-order valence-electron chi connectivity index (χ2n) is 7.50. The fourth-order valence-corrected chi connectivity index (χ4v) is 4.58. The van der Waals surface area contributed by atoms with Crippen LogP contribution >= 0.6 is 0 Å². The van der Waals surface area contributed by atoms with Crippen molar-refractivity contribution in [2.24, 2.45) is 16.7 Å². The predicted molar refractivity (Wildman–Crippen MR) is 84.3 cm³/mol. The largest absolute Gasteiger partial charge is 0.388 e. The molecule has 2 aliphatic carbocycles. The third kappa shape index (κ3) is 2.21. The van der Waals surface area contributed by atoms with Crippen LogP contribution in [0.5, 0.6) is 0 Å². The maximum absolute atomic E-state index is 12.6. The first kappa shape index (κ1) is 14.4. The number of fused-ring (bicyclic) bond motifs is 2. The summed E-state index contributed by atoms with van der Waals surface area (Å²) >= 11 is 0. The van der Waals surface area contributed by atoms with Gasteiger partial charge in [-0.05, 0) is 48.1 Å². The molecule has 2 saturated carbocycles. The fraction of sp³-hybridized carbons (Fsp3) is 0.647. The molecule has 2 aliphatic rings. The number of anilines is 1. The Bertz CT molecular complexity index is 564. The molecule has 0 aromatic carbocycles. The summed E-state index contributed by atoms with van der Waals surface area (Å²) in [6, 6.07) is 3.90. The number of pyridine rings is 1. The Hall–Kier alpha value is -1.58. The number of carbonyl (C=O) groups is 1. The molecule has 2 bridgehead atoms.